The van der Waals surface area contributed by atoms with Crippen LogP contribution in [0.4, 0.5) is 4.39 Å². The van der Waals surface area contributed by atoms with Gasteiger partial charge in [-0.2, -0.15) is 0 Å². The van der Waals surface area contributed by atoms with E-state index < -0.39 is 27.0 Å². The Bertz CT molecular complexity index is 822. The van der Waals surface area contributed by atoms with E-state index in [0.29, 0.717) is 5.56 Å². The number of esters is 1. The van der Waals surface area contributed by atoms with Crippen LogP contribution in [-0.4, -0.2) is 19.8 Å². The van der Waals surface area contributed by atoms with Gasteiger partial charge in [-0.1, -0.05) is 24.3 Å². The predicted octanol–water partition coefficient (Wildman–Crippen LogP) is 2.44. The molecule has 0 bridgehead atoms. The molecule has 0 saturated heterocycles. The Hall–Kier alpha value is -2.25. The molecule has 0 aliphatic rings. The molecule has 0 saturated carbocycles. The summed E-state index contributed by atoms with van der Waals surface area (Å²) >= 11 is 0. The average Bonchev–Trinajstić information content (AvgIpc) is 2.55. The number of aryl methyl sites for hydroxylation is 1. The SMILES string of the molecule is CC(=O)Oc1ccc(CCC(N)S(=O)(=O)c2ccccc2)cc1F. The molecule has 0 spiro atoms. The van der Waals surface area contributed by atoms with Gasteiger partial charge in [0.2, 0.25) is 0 Å². The number of hydrogen-bond acceptors (Lipinski definition) is 5. The molecule has 0 aromatic heterocycles. The van der Waals surface area contributed by atoms with Crippen LogP contribution in [-0.2, 0) is 21.1 Å². The highest BCUT2D eigenvalue weighted by molar-refractivity contribution is 7.92. The molecule has 0 aliphatic heterocycles. The zero-order valence-corrected chi connectivity index (χ0v) is 13.9. The van der Waals surface area contributed by atoms with Gasteiger partial charge in [-0.05, 0) is 42.7 Å². The van der Waals surface area contributed by atoms with Crippen molar-refractivity contribution in [3.05, 3.63) is 59.9 Å². The molecule has 0 radical (unpaired) electrons. The first-order valence-electron chi connectivity index (χ1n) is 7.32. The Balaban J connectivity index is 2.05. The van der Waals surface area contributed by atoms with Crippen LogP contribution < -0.4 is 10.5 Å². The minimum atomic E-state index is -3.63. The molecule has 0 heterocycles. The second-order valence-electron chi connectivity index (χ2n) is 5.29. The molecule has 2 aromatic carbocycles. The summed E-state index contributed by atoms with van der Waals surface area (Å²) < 4.78 is 43.2. The maximum atomic E-state index is 13.8. The van der Waals surface area contributed by atoms with Gasteiger partial charge in [-0.15, -0.1) is 0 Å². The van der Waals surface area contributed by atoms with Crippen LogP contribution >= 0.6 is 0 Å². The van der Waals surface area contributed by atoms with E-state index in [4.69, 9.17) is 10.5 Å². The fourth-order valence-corrected chi connectivity index (χ4v) is 3.50. The first-order chi connectivity index (χ1) is 11.3. The van der Waals surface area contributed by atoms with Crippen molar-refractivity contribution < 1.29 is 22.3 Å². The minimum absolute atomic E-state index is 0.142. The maximum absolute atomic E-state index is 13.8. The summed E-state index contributed by atoms with van der Waals surface area (Å²) in [5.74, 6) is -1.45. The van der Waals surface area contributed by atoms with Crippen molar-refractivity contribution in [3.8, 4) is 5.75 Å². The summed E-state index contributed by atoms with van der Waals surface area (Å²) in [5.41, 5.74) is 6.39. The molecule has 7 heteroatoms. The summed E-state index contributed by atoms with van der Waals surface area (Å²) in [4.78, 5) is 11.0. The highest BCUT2D eigenvalue weighted by Crippen LogP contribution is 2.21. The fraction of sp³-hybridized carbons (Fsp3) is 0.235. The van der Waals surface area contributed by atoms with Gasteiger partial charge in [0.25, 0.3) is 0 Å². The Morgan fingerprint density at radius 2 is 1.88 bits per heavy atom. The molecule has 0 aliphatic carbocycles. The van der Waals surface area contributed by atoms with Gasteiger partial charge in [0.05, 0.1) is 4.90 Å². The van der Waals surface area contributed by atoms with Crippen molar-refractivity contribution in [1.82, 2.24) is 0 Å². The fourth-order valence-electron chi connectivity index (χ4n) is 2.19. The van der Waals surface area contributed by atoms with Gasteiger partial charge < -0.3 is 10.5 Å². The van der Waals surface area contributed by atoms with Crippen LogP contribution in [0.15, 0.2) is 53.4 Å². The Labute approximate surface area is 140 Å². The molecule has 0 amide bonds. The van der Waals surface area contributed by atoms with E-state index >= 15 is 0 Å². The molecule has 1 atom stereocenters. The standard InChI is InChI=1S/C17H18FNO4S/c1-12(20)23-16-9-7-13(11-15(16)18)8-10-17(19)24(21,22)14-5-3-2-4-6-14/h2-7,9,11,17H,8,10,19H2,1H3. The van der Waals surface area contributed by atoms with Crippen molar-refractivity contribution in [2.24, 2.45) is 5.73 Å². The summed E-state index contributed by atoms with van der Waals surface area (Å²) in [5, 5.41) is -1.09. The van der Waals surface area contributed by atoms with Gasteiger partial charge in [0.15, 0.2) is 21.4 Å². The summed E-state index contributed by atoms with van der Waals surface area (Å²) in [6.07, 6.45) is 0.425. The maximum Gasteiger partial charge on any atom is 0.308 e. The molecule has 1 unspecified atom stereocenters. The monoisotopic (exact) mass is 351 g/mol. The minimum Gasteiger partial charge on any atom is -0.424 e. The van der Waals surface area contributed by atoms with Gasteiger partial charge in [0, 0.05) is 6.92 Å². The molecule has 128 valence electrons. The second-order valence-corrected chi connectivity index (χ2v) is 7.46. The van der Waals surface area contributed by atoms with E-state index in [1.165, 1.54) is 31.2 Å². The largest absolute Gasteiger partial charge is 0.424 e. The number of benzene rings is 2. The van der Waals surface area contributed by atoms with E-state index in [9.17, 15) is 17.6 Å². The second kappa shape index (κ2) is 7.55. The zero-order valence-electron chi connectivity index (χ0n) is 13.1. The number of nitrogens with two attached hydrogens (primary N) is 1. The van der Waals surface area contributed by atoms with Crippen molar-refractivity contribution in [3.63, 3.8) is 0 Å². The van der Waals surface area contributed by atoms with Gasteiger partial charge >= 0.3 is 5.97 Å². The molecule has 2 N–H and O–H groups in total. The molecule has 24 heavy (non-hydrogen) atoms. The summed E-state index contributed by atoms with van der Waals surface area (Å²) in [6, 6.07) is 12.1. The molecular formula is C17H18FNO4S. The van der Waals surface area contributed by atoms with Gasteiger partial charge in [0.1, 0.15) is 5.37 Å². The van der Waals surface area contributed by atoms with Gasteiger partial charge in [-0.25, -0.2) is 12.8 Å². The molecule has 5 nitrogen and oxygen atoms in total. The van der Waals surface area contributed by atoms with Crippen LogP contribution in [0.3, 0.4) is 0 Å². The quantitative estimate of drug-likeness (QED) is 0.638. The lowest BCUT2D eigenvalue weighted by Crippen LogP contribution is -2.31. The lowest BCUT2D eigenvalue weighted by atomic mass is 10.1. The third-order valence-electron chi connectivity index (χ3n) is 3.44. The lowest BCUT2D eigenvalue weighted by molar-refractivity contribution is -0.132. The van der Waals surface area contributed by atoms with E-state index in [0.717, 1.165) is 0 Å². The lowest BCUT2D eigenvalue weighted by Gasteiger charge is -2.13. The molecule has 2 aromatic rings. The Kier molecular flexibility index (Phi) is 5.69. The first kappa shape index (κ1) is 18.1. The Morgan fingerprint density at radius 3 is 2.46 bits per heavy atom. The smallest absolute Gasteiger partial charge is 0.308 e. The van der Waals surface area contributed by atoms with E-state index in [2.05, 4.69) is 0 Å². The van der Waals surface area contributed by atoms with E-state index in [1.54, 1.807) is 24.3 Å². The summed E-state index contributed by atoms with van der Waals surface area (Å²) in [7, 11) is -3.63. The van der Waals surface area contributed by atoms with Crippen LogP contribution in [0, 0.1) is 5.82 Å². The Morgan fingerprint density at radius 1 is 1.21 bits per heavy atom. The van der Waals surface area contributed by atoms with Crippen molar-refractivity contribution in [1.29, 1.82) is 0 Å². The van der Waals surface area contributed by atoms with E-state index in [1.807, 2.05) is 0 Å². The molecule has 0 fully saturated rings. The van der Waals surface area contributed by atoms with Crippen LogP contribution in [0.5, 0.6) is 5.75 Å². The highest BCUT2D eigenvalue weighted by atomic mass is 32.2. The third-order valence-corrected chi connectivity index (χ3v) is 5.40. The number of halogens is 1. The van der Waals surface area contributed by atoms with Crippen molar-refractivity contribution >= 4 is 15.8 Å². The number of ether oxygens (including phenoxy) is 1. The molecule has 2 rings (SSSR count). The van der Waals surface area contributed by atoms with E-state index in [-0.39, 0.29) is 23.5 Å². The summed E-state index contributed by atoms with van der Waals surface area (Å²) in [6.45, 7) is 1.18. The predicted molar refractivity (Wildman–Crippen MR) is 87.6 cm³/mol. The highest BCUT2D eigenvalue weighted by Gasteiger charge is 2.23. The van der Waals surface area contributed by atoms with Crippen molar-refractivity contribution in [2.75, 3.05) is 0 Å². The number of carbonyl (C=O) groups excluding carboxylic acids is 1. The van der Waals surface area contributed by atoms with Crippen LogP contribution in [0.1, 0.15) is 18.9 Å². The number of rotatable bonds is 6. The number of carbonyl (C=O) groups is 1. The zero-order chi connectivity index (χ0) is 17.7. The van der Waals surface area contributed by atoms with Crippen molar-refractivity contribution in [2.45, 2.75) is 30.0 Å². The molecular weight excluding hydrogens is 333 g/mol. The van der Waals surface area contributed by atoms with Gasteiger partial charge in [-0.3, -0.25) is 4.79 Å². The number of sulfone groups is 1. The van der Waals surface area contributed by atoms with Crippen LogP contribution in [0.2, 0.25) is 0 Å². The topological polar surface area (TPSA) is 86.5 Å². The van der Waals surface area contributed by atoms with Crippen LogP contribution in [0.25, 0.3) is 0 Å². The first-order valence-corrected chi connectivity index (χ1v) is 8.86. The third kappa shape index (κ3) is 4.39. The number of hydrogen-bond donors (Lipinski definition) is 1. The average molecular weight is 351 g/mol. The normalized spacial score (nSPS) is 12.6.